The number of hydrogen-bond acceptors (Lipinski definition) is 3. The van der Waals surface area contributed by atoms with Crippen LogP contribution in [-0.2, 0) is 20.7 Å². The van der Waals surface area contributed by atoms with Crippen molar-refractivity contribution < 1.29 is 43.6 Å². The first kappa shape index (κ1) is 20.7. The average molecular weight is 344 g/mol. The number of rotatable bonds is 8. The second kappa shape index (κ2) is 9.80. The van der Waals surface area contributed by atoms with Crippen LogP contribution in [0.3, 0.4) is 0 Å². The van der Waals surface area contributed by atoms with Crippen LogP contribution in [0.15, 0.2) is 41.3 Å². The Bertz CT molecular complexity index is 732. The minimum atomic E-state index is -3.72. The molecule has 2 rings (SSSR count). The van der Waals surface area contributed by atoms with Gasteiger partial charge < -0.3 is 1.43 Å². The standard InChI is InChI=1S/C18H24O3S.Na.H/c1-3-5-9-16-13-12-15-10-7-8-11-17(15)18(16)22(19,20)21-14-6-4-2;;/h7-8,10-13H,3-6,9,14H2,1-2H3;;/q;+1;-1. The van der Waals surface area contributed by atoms with Crippen LogP contribution in [0.2, 0.25) is 0 Å². The molecule has 5 heteroatoms. The van der Waals surface area contributed by atoms with Crippen molar-refractivity contribution in [1.82, 2.24) is 0 Å². The summed E-state index contributed by atoms with van der Waals surface area (Å²) in [4.78, 5) is 0.357. The van der Waals surface area contributed by atoms with E-state index in [1.54, 1.807) is 0 Å². The second-order valence-electron chi connectivity index (χ2n) is 5.51. The Morgan fingerprint density at radius 1 is 1.00 bits per heavy atom. The molecule has 0 heterocycles. The molecule has 3 nitrogen and oxygen atoms in total. The van der Waals surface area contributed by atoms with Gasteiger partial charge >= 0.3 is 29.6 Å². The number of hydrogen-bond donors (Lipinski definition) is 0. The molecule has 0 N–H and O–H groups in total. The molecule has 0 fully saturated rings. The maximum absolute atomic E-state index is 12.7. The molecule has 2 aromatic carbocycles. The van der Waals surface area contributed by atoms with E-state index in [1.807, 2.05) is 43.3 Å². The summed E-state index contributed by atoms with van der Waals surface area (Å²) in [5, 5.41) is 1.69. The summed E-state index contributed by atoms with van der Waals surface area (Å²) in [6.07, 6.45) is 4.41. The third kappa shape index (κ3) is 5.30. The molecule has 23 heavy (non-hydrogen) atoms. The summed E-state index contributed by atoms with van der Waals surface area (Å²) in [6.45, 7) is 4.36. The van der Waals surface area contributed by atoms with Gasteiger partial charge in [0.05, 0.1) is 6.61 Å². The Morgan fingerprint density at radius 2 is 1.70 bits per heavy atom. The molecular formula is C18H25NaO3S. The van der Waals surface area contributed by atoms with Gasteiger partial charge in [-0.3, -0.25) is 4.18 Å². The largest absolute Gasteiger partial charge is 1.00 e. The first-order valence-corrected chi connectivity index (χ1v) is 9.41. The van der Waals surface area contributed by atoms with Gasteiger partial charge in [0, 0.05) is 5.39 Å². The first-order valence-electron chi connectivity index (χ1n) is 8.00. The summed E-state index contributed by atoms with van der Waals surface area (Å²) >= 11 is 0. The predicted molar refractivity (Wildman–Crippen MR) is 91.7 cm³/mol. The summed E-state index contributed by atoms with van der Waals surface area (Å²) in [7, 11) is -3.72. The molecule has 2 aromatic rings. The van der Waals surface area contributed by atoms with E-state index in [0.717, 1.165) is 48.4 Å². The van der Waals surface area contributed by atoms with Crippen LogP contribution < -0.4 is 29.6 Å². The topological polar surface area (TPSA) is 43.4 Å². The molecule has 0 saturated carbocycles. The van der Waals surface area contributed by atoms with Crippen LogP contribution in [0.5, 0.6) is 0 Å². The molecule has 0 aromatic heterocycles. The van der Waals surface area contributed by atoms with Gasteiger partial charge in [-0.2, -0.15) is 8.42 Å². The SMILES string of the molecule is CCCCOS(=O)(=O)c1c(CCCC)ccc2ccccc12.[H-].[Na+]. The Balaban J connectivity index is 0.00000264. The molecule has 0 spiro atoms. The van der Waals surface area contributed by atoms with Gasteiger partial charge in [-0.1, -0.05) is 63.1 Å². The van der Waals surface area contributed by atoms with Crippen LogP contribution in [0, 0.1) is 0 Å². The fraction of sp³-hybridized carbons (Fsp3) is 0.444. The molecule has 0 unspecified atom stereocenters. The zero-order chi connectivity index (χ0) is 16.0. The van der Waals surface area contributed by atoms with Crippen molar-refractivity contribution in [2.45, 2.75) is 50.8 Å². The van der Waals surface area contributed by atoms with E-state index in [2.05, 4.69) is 6.92 Å². The van der Waals surface area contributed by atoms with Crippen molar-refractivity contribution >= 4 is 20.9 Å². The molecule has 0 atom stereocenters. The molecule has 122 valence electrons. The van der Waals surface area contributed by atoms with Crippen molar-refractivity contribution in [1.29, 1.82) is 0 Å². The molecule has 0 amide bonds. The van der Waals surface area contributed by atoms with E-state index >= 15 is 0 Å². The van der Waals surface area contributed by atoms with Crippen molar-refractivity contribution in [2.24, 2.45) is 0 Å². The maximum Gasteiger partial charge on any atom is 1.00 e. The second-order valence-corrected chi connectivity index (χ2v) is 7.06. The Hall–Kier alpha value is -0.390. The smallest absolute Gasteiger partial charge is 1.00 e. The molecule has 0 aliphatic heterocycles. The van der Waals surface area contributed by atoms with Crippen LogP contribution >= 0.6 is 0 Å². The molecule has 0 radical (unpaired) electrons. The average Bonchev–Trinajstić information content (AvgIpc) is 2.52. The van der Waals surface area contributed by atoms with Crippen LogP contribution in [0.1, 0.15) is 46.5 Å². The Kier molecular flexibility index (Phi) is 8.80. The van der Waals surface area contributed by atoms with Crippen molar-refractivity contribution in [2.75, 3.05) is 6.61 Å². The number of unbranched alkanes of at least 4 members (excludes halogenated alkanes) is 2. The van der Waals surface area contributed by atoms with Crippen molar-refractivity contribution in [3.05, 3.63) is 42.0 Å². The van der Waals surface area contributed by atoms with Crippen molar-refractivity contribution in [3.63, 3.8) is 0 Å². The number of aryl methyl sites for hydroxylation is 1. The Morgan fingerprint density at radius 3 is 2.39 bits per heavy atom. The fourth-order valence-corrected chi connectivity index (χ4v) is 3.92. The molecule has 0 saturated heterocycles. The van der Waals surface area contributed by atoms with Gasteiger partial charge in [0.1, 0.15) is 4.90 Å². The zero-order valence-electron chi connectivity index (χ0n) is 15.3. The molecule has 0 aliphatic carbocycles. The van der Waals surface area contributed by atoms with E-state index in [4.69, 9.17) is 4.18 Å². The van der Waals surface area contributed by atoms with Gasteiger partial charge in [0.25, 0.3) is 10.1 Å². The summed E-state index contributed by atoms with van der Waals surface area (Å²) in [5.41, 5.74) is 0.858. The van der Waals surface area contributed by atoms with Gasteiger partial charge in [-0.05, 0) is 30.2 Å². The van der Waals surface area contributed by atoms with Gasteiger partial charge in [0.2, 0.25) is 0 Å². The predicted octanol–water partition coefficient (Wildman–Crippen LogP) is 1.80. The number of benzene rings is 2. The van der Waals surface area contributed by atoms with E-state index in [-0.39, 0.29) is 37.6 Å². The van der Waals surface area contributed by atoms with Gasteiger partial charge in [-0.25, -0.2) is 0 Å². The van der Waals surface area contributed by atoms with Crippen LogP contribution in [0.4, 0.5) is 0 Å². The summed E-state index contributed by atoms with van der Waals surface area (Å²) in [5.74, 6) is 0. The third-order valence-electron chi connectivity index (χ3n) is 3.75. The molecule has 0 bridgehead atoms. The fourth-order valence-electron chi connectivity index (χ4n) is 2.52. The van der Waals surface area contributed by atoms with Crippen LogP contribution in [0.25, 0.3) is 10.8 Å². The normalized spacial score (nSPS) is 11.4. The summed E-state index contributed by atoms with van der Waals surface area (Å²) in [6, 6.07) is 11.5. The number of fused-ring (bicyclic) bond motifs is 1. The van der Waals surface area contributed by atoms with Crippen LogP contribution in [-0.4, -0.2) is 15.0 Å². The Labute approximate surface area is 163 Å². The van der Waals surface area contributed by atoms with E-state index < -0.39 is 10.1 Å². The zero-order valence-corrected chi connectivity index (χ0v) is 17.2. The quantitative estimate of drug-likeness (QED) is 0.417. The summed E-state index contributed by atoms with van der Waals surface area (Å²) < 4.78 is 30.6. The monoisotopic (exact) mass is 344 g/mol. The van der Waals surface area contributed by atoms with E-state index in [1.165, 1.54) is 0 Å². The van der Waals surface area contributed by atoms with E-state index in [0.29, 0.717) is 4.90 Å². The first-order chi connectivity index (χ1) is 10.6. The van der Waals surface area contributed by atoms with Gasteiger partial charge in [-0.15, -0.1) is 0 Å². The minimum absolute atomic E-state index is 0. The maximum atomic E-state index is 12.7. The van der Waals surface area contributed by atoms with Crippen molar-refractivity contribution in [3.8, 4) is 0 Å². The van der Waals surface area contributed by atoms with Gasteiger partial charge in [0.15, 0.2) is 0 Å². The minimum Gasteiger partial charge on any atom is -1.00 e. The van der Waals surface area contributed by atoms with E-state index in [9.17, 15) is 8.42 Å². The third-order valence-corrected chi connectivity index (χ3v) is 5.21. The molecular weight excluding hydrogens is 319 g/mol. The molecule has 0 aliphatic rings.